The fourth-order valence-electron chi connectivity index (χ4n) is 2.65. The molecule has 9 heteroatoms. The molecule has 0 unspecified atom stereocenters. The zero-order valence-corrected chi connectivity index (χ0v) is 17.7. The van der Waals surface area contributed by atoms with E-state index < -0.39 is 0 Å². The molecule has 0 saturated heterocycles. The van der Waals surface area contributed by atoms with Gasteiger partial charge in [0.15, 0.2) is 11.7 Å². The van der Waals surface area contributed by atoms with Gasteiger partial charge in [-0.1, -0.05) is 48.0 Å². The number of ether oxygens (including phenoxy) is 1. The zero-order valence-electron chi connectivity index (χ0n) is 16.1. The Hall–Kier alpha value is -3.30. The van der Waals surface area contributed by atoms with Crippen LogP contribution in [0.4, 0.5) is 5.13 Å². The van der Waals surface area contributed by atoms with Gasteiger partial charge in [-0.25, -0.2) is 9.67 Å². The summed E-state index contributed by atoms with van der Waals surface area (Å²) in [5.41, 5.74) is 2.95. The molecule has 2 heterocycles. The van der Waals surface area contributed by atoms with Crippen LogP contribution in [0.2, 0.25) is 0 Å². The van der Waals surface area contributed by atoms with Gasteiger partial charge in [0.2, 0.25) is 5.91 Å². The van der Waals surface area contributed by atoms with E-state index in [1.807, 2.05) is 66.9 Å². The summed E-state index contributed by atoms with van der Waals surface area (Å²) in [6.45, 7) is 2.05. The standard InChI is InChI=1S/C21H18N4O3S2/c1-14-7-9-16(10-8-14)27-12-19-24-25(21(29)28-19)11-18(26)23-20-22-17(13-30-20)15-5-3-2-4-6-15/h2-10,13H,11-12H2,1H3,(H,22,23,26). The summed E-state index contributed by atoms with van der Waals surface area (Å²) in [7, 11) is 0. The number of carbonyl (C=O) groups is 1. The third kappa shape index (κ3) is 5.00. The normalized spacial score (nSPS) is 10.7. The number of thiazole rings is 1. The summed E-state index contributed by atoms with van der Waals surface area (Å²) in [5.74, 6) is 0.709. The number of benzene rings is 2. The van der Waals surface area contributed by atoms with E-state index in [1.54, 1.807) is 0 Å². The molecule has 4 aromatic rings. The van der Waals surface area contributed by atoms with Crippen LogP contribution in [0.1, 0.15) is 11.5 Å². The van der Waals surface area contributed by atoms with Gasteiger partial charge in [-0.05, 0) is 31.3 Å². The Morgan fingerprint density at radius 2 is 1.97 bits per heavy atom. The Morgan fingerprint density at radius 3 is 2.73 bits per heavy atom. The van der Waals surface area contributed by atoms with E-state index in [2.05, 4.69) is 15.4 Å². The number of nitrogens with zero attached hydrogens (tertiary/aromatic N) is 3. The van der Waals surface area contributed by atoms with E-state index in [1.165, 1.54) is 16.0 Å². The van der Waals surface area contributed by atoms with Gasteiger partial charge in [0.05, 0.1) is 5.69 Å². The van der Waals surface area contributed by atoms with Gasteiger partial charge in [-0.2, -0.15) is 0 Å². The minimum Gasteiger partial charge on any atom is -0.484 e. The Balaban J connectivity index is 1.35. The summed E-state index contributed by atoms with van der Waals surface area (Å²) in [5, 5.41) is 9.40. The minimum absolute atomic E-state index is 0.0763. The van der Waals surface area contributed by atoms with Crippen LogP contribution < -0.4 is 10.1 Å². The first-order valence-electron chi connectivity index (χ1n) is 9.14. The maximum Gasteiger partial charge on any atom is 0.287 e. The molecule has 0 radical (unpaired) electrons. The fraction of sp³-hybridized carbons (Fsp3) is 0.143. The van der Waals surface area contributed by atoms with Crippen molar-refractivity contribution in [3.63, 3.8) is 0 Å². The number of aryl methyl sites for hydroxylation is 1. The highest BCUT2D eigenvalue weighted by Crippen LogP contribution is 2.24. The minimum atomic E-state index is -0.292. The quantitative estimate of drug-likeness (QED) is 0.415. The fourth-order valence-corrected chi connectivity index (χ4v) is 3.59. The van der Waals surface area contributed by atoms with Crippen LogP contribution in [0.3, 0.4) is 0 Å². The maximum absolute atomic E-state index is 12.4. The second kappa shape index (κ2) is 9.02. The van der Waals surface area contributed by atoms with Crippen molar-refractivity contribution >= 4 is 34.6 Å². The molecule has 2 aromatic carbocycles. The largest absolute Gasteiger partial charge is 0.484 e. The second-order valence-corrected chi connectivity index (χ2v) is 7.68. The first-order valence-corrected chi connectivity index (χ1v) is 10.4. The molecule has 0 fully saturated rings. The number of rotatable bonds is 7. The molecule has 4 rings (SSSR count). The van der Waals surface area contributed by atoms with Crippen molar-refractivity contribution in [3.05, 3.63) is 76.3 Å². The molecule has 1 N–H and O–H groups in total. The summed E-state index contributed by atoms with van der Waals surface area (Å²) in [6, 6.07) is 17.4. The predicted octanol–water partition coefficient (Wildman–Crippen LogP) is 4.86. The van der Waals surface area contributed by atoms with Gasteiger partial charge < -0.3 is 14.5 Å². The number of hydrogen-bond acceptors (Lipinski definition) is 7. The lowest BCUT2D eigenvalue weighted by Gasteiger charge is -2.03. The van der Waals surface area contributed by atoms with Crippen molar-refractivity contribution < 1.29 is 13.9 Å². The van der Waals surface area contributed by atoms with Crippen LogP contribution >= 0.6 is 23.6 Å². The third-order valence-corrected chi connectivity index (χ3v) is 5.20. The van der Waals surface area contributed by atoms with Gasteiger partial charge in [0.1, 0.15) is 12.3 Å². The number of hydrogen-bond donors (Lipinski definition) is 1. The van der Waals surface area contributed by atoms with Crippen molar-refractivity contribution in [2.24, 2.45) is 0 Å². The Bertz CT molecular complexity index is 1200. The molecule has 0 spiro atoms. The van der Waals surface area contributed by atoms with Crippen LogP contribution in [0.5, 0.6) is 5.75 Å². The Morgan fingerprint density at radius 1 is 1.20 bits per heavy atom. The molecule has 152 valence electrons. The van der Waals surface area contributed by atoms with Gasteiger partial charge in [0.25, 0.3) is 10.7 Å². The maximum atomic E-state index is 12.4. The highest BCUT2D eigenvalue weighted by molar-refractivity contribution is 7.71. The monoisotopic (exact) mass is 438 g/mol. The summed E-state index contributed by atoms with van der Waals surface area (Å²) in [6.07, 6.45) is 0. The Kier molecular flexibility index (Phi) is 6.01. The molecule has 0 bridgehead atoms. The number of aromatic nitrogens is 3. The SMILES string of the molecule is Cc1ccc(OCc2nn(CC(=O)Nc3nc(-c4ccccc4)cs3)c(=S)o2)cc1. The first kappa shape index (κ1) is 20.0. The molecular formula is C21H18N4O3S2. The highest BCUT2D eigenvalue weighted by Gasteiger charge is 2.12. The predicted molar refractivity (Wildman–Crippen MR) is 117 cm³/mol. The van der Waals surface area contributed by atoms with E-state index in [9.17, 15) is 4.79 Å². The first-order chi connectivity index (χ1) is 14.6. The van der Waals surface area contributed by atoms with E-state index >= 15 is 0 Å². The number of anilines is 1. The summed E-state index contributed by atoms with van der Waals surface area (Å²) < 4.78 is 12.4. The zero-order chi connectivity index (χ0) is 20.9. The molecular weight excluding hydrogens is 420 g/mol. The summed E-state index contributed by atoms with van der Waals surface area (Å²) >= 11 is 6.51. The van der Waals surface area contributed by atoms with Crippen molar-refractivity contribution in [2.75, 3.05) is 5.32 Å². The number of carbonyl (C=O) groups excluding carboxylic acids is 1. The number of amides is 1. The lowest BCUT2D eigenvalue weighted by Crippen LogP contribution is -2.19. The van der Waals surface area contributed by atoms with E-state index in [0.717, 1.165) is 16.8 Å². The average molecular weight is 439 g/mol. The number of nitrogens with one attached hydrogen (secondary N) is 1. The summed E-state index contributed by atoms with van der Waals surface area (Å²) in [4.78, 5) is 16.9. The van der Waals surface area contributed by atoms with Crippen LogP contribution in [0.25, 0.3) is 11.3 Å². The molecule has 0 saturated carbocycles. The second-order valence-electron chi connectivity index (χ2n) is 6.47. The van der Waals surface area contributed by atoms with Crippen LogP contribution in [-0.2, 0) is 17.9 Å². The topological polar surface area (TPSA) is 82.2 Å². The van der Waals surface area contributed by atoms with E-state index in [0.29, 0.717) is 16.8 Å². The molecule has 0 atom stereocenters. The van der Waals surface area contributed by atoms with Gasteiger partial charge in [0, 0.05) is 10.9 Å². The van der Waals surface area contributed by atoms with Crippen molar-refractivity contribution in [1.29, 1.82) is 0 Å². The van der Waals surface area contributed by atoms with E-state index in [4.69, 9.17) is 21.4 Å². The van der Waals surface area contributed by atoms with Crippen molar-refractivity contribution in [1.82, 2.24) is 14.8 Å². The van der Waals surface area contributed by atoms with Crippen LogP contribution in [0, 0.1) is 11.8 Å². The highest BCUT2D eigenvalue weighted by atomic mass is 32.1. The van der Waals surface area contributed by atoms with Crippen molar-refractivity contribution in [3.8, 4) is 17.0 Å². The molecule has 0 aliphatic heterocycles. The average Bonchev–Trinajstić information content (AvgIpc) is 3.35. The Labute approximate surface area is 182 Å². The van der Waals surface area contributed by atoms with Gasteiger partial charge >= 0.3 is 0 Å². The molecule has 0 aliphatic rings. The molecule has 1 amide bonds. The lowest BCUT2D eigenvalue weighted by molar-refractivity contribution is -0.117. The lowest BCUT2D eigenvalue weighted by atomic mass is 10.2. The third-order valence-electron chi connectivity index (χ3n) is 4.14. The van der Waals surface area contributed by atoms with Crippen LogP contribution in [0.15, 0.2) is 64.4 Å². The molecule has 0 aliphatic carbocycles. The molecule has 2 aromatic heterocycles. The van der Waals surface area contributed by atoms with Crippen LogP contribution in [-0.4, -0.2) is 20.7 Å². The van der Waals surface area contributed by atoms with E-state index in [-0.39, 0.29) is 23.9 Å². The smallest absolute Gasteiger partial charge is 0.287 e. The van der Waals surface area contributed by atoms with Crippen molar-refractivity contribution in [2.45, 2.75) is 20.1 Å². The van der Waals surface area contributed by atoms with Gasteiger partial charge in [-0.15, -0.1) is 16.4 Å². The van der Waals surface area contributed by atoms with Gasteiger partial charge in [-0.3, -0.25) is 4.79 Å². The molecule has 30 heavy (non-hydrogen) atoms. The molecule has 7 nitrogen and oxygen atoms in total.